The SMILES string of the molecule is COc1cccc(C2(NC(=O)c3cccc(-c4ccc5c(c4)C(C)=NC5)c3)CCNC2)c1. The Morgan fingerprint density at radius 3 is 2.72 bits per heavy atom. The lowest BCUT2D eigenvalue weighted by Gasteiger charge is -2.30. The van der Waals surface area contributed by atoms with E-state index in [-0.39, 0.29) is 5.91 Å². The molecule has 5 rings (SSSR count). The van der Waals surface area contributed by atoms with E-state index in [0.29, 0.717) is 12.1 Å². The first-order valence-electron chi connectivity index (χ1n) is 11.0. The summed E-state index contributed by atoms with van der Waals surface area (Å²) in [6.45, 7) is 4.35. The van der Waals surface area contributed by atoms with Crippen LogP contribution < -0.4 is 15.4 Å². The van der Waals surface area contributed by atoms with Crippen molar-refractivity contribution in [3.05, 3.63) is 89.0 Å². The number of aliphatic imine (C=N–C) groups is 1. The van der Waals surface area contributed by atoms with E-state index in [1.54, 1.807) is 7.11 Å². The van der Waals surface area contributed by atoms with Gasteiger partial charge in [0.15, 0.2) is 0 Å². The van der Waals surface area contributed by atoms with Gasteiger partial charge in [0.25, 0.3) is 5.91 Å². The number of nitrogens with one attached hydrogen (secondary N) is 2. The minimum atomic E-state index is -0.456. The zero-order valence-corrected chi connectivity index (χ0v) is 18.4. The van der Waals surface area contributed by atoms with Crippen LogP contribution in [0.4, 0.5) is 0 Å². The molecular formula is C27H27N3O2. The Hall–Kier alpha value is -3.44. The van der Waals surface area contributed by atoms with Crippen LogP contribution >= 0.6 is 0 Å². The maximum Gasteiger partial charge on any atom is 0.252 e. The topological polar surface area (TPSA) is 62.7 Å². The number of carbonyl (C=O) groups excluding carboxylic acids is 1. The predicted octanol–water partition coefficient (Wildman–Crippen LogP) is 4.30. The molecule has 3 aromatic carbocycles. The Morgan fingerprint density at radius 1 is 1.06 bits per heavy atom. The van der Waals surface area contributed by atoms with E-state index in [1.165, 1.54) is 11.1 Å². The van der Waals surface area contributed by atoms with E-state index in [4.69, 9.17) is 4.74 Å². The molecule has 32 heavy (non-hydrogen) atoms. The molecule has 2 N–H and O–H groups in total. The lowest BCUT2D eigenvalue weighted by Crippen LogP contribution is -2.47. The molecule has 0 aliphatic carbocycles. The summed E-state index contributed by atoms with van der Waals surface area (Å²) in [6, 6.07) is 22.2. The monoisotopic (exact) mass is 425 g/mol. The number of amides is 1. The average molecular weight is 426 g/mol. The third-order valence-electron chi connectivity index (χ3n) is 6.57. The van der Waals surface area contributed by atoms with Crippen molar-refractivity contribution in [2.45, 2.75) is 25.4 Å². The molecule has 0 radical (unpaired) electrons. The molecule has 2 aliphatic rings. The minimum absolute atomic E-state index is 0.0720. The van der Waals surface area contributed by atoms with Crippen LogP contribution in [0.25, 0.3) is 11.1 Å². The Kier molecular flexibility index (Phi) is 5.27. The van der Waals surface area contributed by atoms with Crippen molar-refractivity contribution >= 4 is 11.6 Å². The molecule has 0 bridgehead atoms. The number of carbonyl (C=O) groups is 1. The standard InChI is InChI=1S/C27H27N3O2/c1-18-25-14-20(9-10-22(25)16-29-18)19-5-3-6-21(13-19)26(31)30-27(11-12-28-17-27)23-7-4-8-24(15-23)32-2/h3-10,13-15,28H,11-12,16-17H2,1-2H3,(H,30,31). The van der Waals surface area contributed by atoms with Crippen molar-refractivity contribution < 1.29 is 9.53 Å². The van der Waals surface area contributed by atoms with Crippen molar-refractivity contribution in [3.8, 4) is 16.9 Å². The van der Waals surface area contributed by atoms with Crippen LogP contribution in [-0.4, -0.2) is 31.8 Å². The smallest absolute Gasteiger partial charge is 0.252 e. The third kappa shape index (κ3) is 3.69. The fourth-order valence-electron chi connectivity index (χ4n) is 4.69. The summed E-state index contributed by atoms with van der Waals surface area (Å²) in [5, 5.41) is 6.73. The van der Waals surface area contributed by atoms with Crippen LogP contribution in [-0.2, 0) is 12.1 Å². The van der Waals surface area contributed by atoms with E-state index < -0.39 is 5.54 Å². The summed E-state index contributed by atoms with van der Waals surface area (Å²) in [5.74, 6) is 0.720. The van der Waals surface area contributed by atoms with Gasteiger partial charge in [-0.2, -0.15) is 0 Å². The van der Waals surface area contributed by atoms with Gasteiger partial charge in [-0.05, 0) is 72.5 Å². The fraction of sp³-hybridized carbons (Fsp3) is 0.259. The van der Waals surface area contributed by atoms with Crippen LogP contribution in [0.3, 0.4) is 0 Å². The van der Waals surface area contributed by atoms with Crippen molar-refractivity contribution in [1.29, 1.82) is 0 Å². The number of methoxy groups -OCH3 is 1. The number of ether oxygens (including phenoxy) is 1. The summed E-state index contributed by atoms with van der Waals surface area (Å²) in [6.07, 6.45) is 0.828. The zero-order valence-electron chi connectivity index (χ0n) is 18.4. The Morgan fingerprint density at radius 2 is 1.91 bits per heavy atom. The molecule has 162 valence electrons. The van der Waals surface area contributed by atoms with Gasteiger partial charge in [-0.3, -0.25) is 9.79 Å². The summed E-state index contributed by atoms with van der Waals surface area (Å²) in [4.78, 5) is 17.9. The van der Waals surface area contributed by atoms with Crippen molar-refractivity contribution in [2.75, 3.05) is 20.2 Å². The predicted molar refractivity (Wildman–Crippen MR) is 127 cm³/mol. The summed E-state index contributed by atoms with van der Waals surface area (Å²) < 4.78 is 5.41. The average Bonchev–Trinajstić information content (AvgIpc) is 3.46. The molecule has 1 amide bonds. The van der Waals surface area contributed by atoms with Crippen LogP contribution in [0.2, 0.25) is 0 Å². The number of fused-ring (bicyclic) bond motifs is 1. The second-order valence-corrected chi connectivity index (χ2v) is 8.55. The van der Waals surface area contributed by atoms with E-state index >= 15 is 0 Å². The van der Waals surface area contributed by atoms with E-state index in [0.717, 1.165) is 47.7 Å². The van der Waals surface area contributed by atoms with Crippen molar-refractivity contribution in [3.63, 3.8) is 0 Å². The second-order valence-electron chi connectivity index (χ2n) is 8.55. The van der Waals surface area contributed by atoms with Gasteiger partial charge in [-0.1, -0.05) is 36.4 Å². The van der Waals surface area contributed by atoms with E-state index in [9.17, 15) is 4.79 Å². The van der Waals surface area contributed by atoms with E-state index in [1.807, 2.05) is 43.3 Å². The van der Waals surface area contributed by atoms with Gasteiger partial charge in [0.05, 0.1) is 19.2 Å². The first kappa shape index (κ1) is 20.5. The highest BCUT2D eigenvalue weighted by Gasteiger charge is 2.37. The molecule has 5 nitrogen and oxygen atoms in total. The molecule has 1 atom stereocenters. The summed E-state index contributed by atoms with van der Waals surface area (Å²) >= 11 is 0. The summed E-state index contributed by atoms with van der Waals surface area (Å²) in [7, 11) is 1.66. The number of rotatable bonds is 5. The Balaban J connectivity index is 1.43. The summed E-state index contributed by atoms with van der Waals surface area (Å²) in [5.41, 5.74) is 6.91. The zero-order chi connectivity index (χ0) is 22.1. The van der Waals surface area contributed by atoms with Gasteiger partial charge in [-0.25, -0.2) is 0 Å². The molecule has 5 heteroatoms. The molecule has 1 fully saturated rings. The first-order chi connectivity index (χ1) is 15.6. The van der Waals surface area contributed by atoms with Crippen molar-refractivity contribution in [2.24, 2.45) is 4.99 Å². The minimum Gasteiger partial charge on any atom is -0.497 e. The Bertz CT molecular complexity index is 1210. The molecule has 0 spiro atoms. The molecule has 1 saturated heterocycles. The third-order valence-corrected chi connectivity index (χ3v) is 6.57. The van der Waals surface area contributed by atoms with Gasteiger partial charge in [0.1, 0.15) is 5.75 Å². The number of hydrogen-bond acceptors (Lipinski definition) is 4. The molecule has 1 unspecified atom stereocenters. The fourth-order valence-corrected chi connectivity index (χ4v) is 4.69. The molecular weight excluding hydrogens is 398 g/mol. The van der Waals surface area contributed by atoms with Crippen LogP contribution in [0.15, 0.2) is 71.7 Å². The van der Waals surface area contributed by atoms with Gasteiger partial charge in [0.2, 0.25) is 0 Å². The number of nitrogens with zero attached hydrogens (tertiary/aromatic N) is 1. The lowest BCUT2D eigenvalue weighted by atomic mass is 9.88. The quantitative estimate of drug-likeness (QED) is 0.641. The van der Waals surface area contributed by atoms with E-state index in [2.05, 4.69) is 46.0 Å². The second kappa shape index (κ2) is 8.24. The maximum atomic E-state index is 13.4. The molecule has 2 aliphatic heterocycles. The molecule has 0 aromatic heterocycles. The molecule has 2 heterocycles. The van der Waals surface area contributed by atoms with Crippen LogP contribution in [0.5, 0.6) is 5.75 Å². The lowest BCUT2D eigenvalue weighted by molar-refractivity contribution is 0.0904. The van der Waals surface area contributed by atoms with Gasteiger partial charge in [-0.15, -0.1) is 0 Å². The highest BCUT2D eigenvalue weighted by atomic mass is 16.5. The largest absolute Gasteiger partial charge is 0.497 e. The van der Waals surface area contributed by atoms with Gasteiger partial charge < -0.3 is 15.4 Å². The first-order valence-corrected chi connectivity index (χ1v) is 11.0. The van der Waals surface area contributed by atoms with Crippen LogP contribution in [0.1, 0.15) is 40.4 Å². The molecule has 0 saturated carbocycles. The Labute approximate surface area is 188 Å². The van der Waals surface area contributed by atoms with Gasteiger partial charge in [0, 0.05) is 23.4 Å². The van der Waals surface area contributed by atoms with Gasteiger partial charge >= 0.3 is 0 Å². The number of benzene rings is 3. The maximum absolute atomic E-state index is 13.4. The highest BCUT2D eigenvalue weighted by Crippen LogP contribution is 2.31. The van der Waals surface area contributed by atoms with Crippen LogP contribution in [0, 0.1) is 0 Å². The molecule has 3 aromatic rings. The van der Waals surface area contributed by atoms with Crippen molar-refractivity contribution in [1.82, 2.24) is 10.6 Å². The normalized spacial score (nSPS) is 19.4. The highest BCUT2D eigenvalue weighted by molar-refractivity contribution is 6.03. The number of hydrogen-bond donors (Lipinski definition) is 2.